The van der Waals surface area contributed by atoms with Crippen LogP contribution in [0.3, 0.4) is 0 Å². The number of nitrogens with two attached hydrogens (primary N) is 1. The second-order valence-electron chi connectivity index (χ2n) is 6.15. The molecule has 1 saturated heterocycles. The summed E-state index contributed by atoms with van der Waals surface area (Å²) in [6.07, 6.45) is 8.60. The van der Waals surface area contributed by atoms with Crippen molar-refractivity contribution in [1.82, 2.24) is 15.2 Å². The first-order valence-electron chi connectivity index (χ1n) is 8.02. The zero-order valence-corrected chi connectivity index (χ0v) is 14.7. The van der Waals surface area contributed by atoms with Crippen molar-refractivity contribution in [2.24, 2.45) is 0 Å². The summed E-state index contributed by atoms with van der Waals surface area (Å²) in [4.78, 5) is 8.01. The first-order chi connectivity index (χ1) is 10.3. The van der Waals surface area contributed by atoms with Gasteiger partial charge >= 0.3 is 0 Å². The minimum Gasteiger partial charge on any atom is -0.379 e. The first-order valence-corrected chi connectivity index (χ1v) is 8.84. The van der Waals surface area contributed by atoms with Gasteiger partial charge in [0.2, 0.25) is 0 Å². The molecule has 2 fully saturated rings. The quantitative estimate of drug-likeness (QED) is 0.856. The third-order valence-electron chi connectivity index (χ3n) is 4.79. The maximum Gasteiger partial charge on any atom is 0.180 e. The molecule has 7 heteroatoms. The average Bonchev–Trinajstić information content (AvgIpc) is 2.95. The SMILES string of the molecule is Cl.Nc1ncc(CNCC2(N3CCOCC3)CCCCC2)s1. The van der Waals surface area contributed by atoms with Gasteiger partial charge in [0.25, 0.3) is 0 Å². The minimum atomic E-state index is 0. The molecule has 2 heterocycles. The fourth-order valence-corrected chi connectivity index (χ4v) is 4.33. The van der Waals surface area contributed by atoms with Gasteiger partial charge in [0.1, 0.15) is 0 Å². The number of nitrogens with zero attached hydrogens (tertiary/aromatic N) is 2. The minimum absolute atomic E-state index is 0. The number of halogens is 1. The number of morpholine rings is 1. The highest BCUT2D eigenvalue weighted by atomic mass is 35.5. The van der Waals surface area contributed by atoms with Crippen LogP contribution < -0.4 is 11.1 Å². The van der Waals surface area contributed by atoms with Gasteiger partial charge in [-0.05, 0) is 12.8 Å². The van der Waals surface area contributed by atoms with Gasteiger partial charge in [0, 0.05) is 42.8 Å². The van der Waals surface area contributed by atoms with Crippen molar-refractivity contribution in [1.29, 1.82) is 0 Å². The molecule has 22 heavy (non-hydrogen) atoms. The number of rotatable bonds is 5. The third-order valence-corrected chi connectivity index (χ3v) is 5.62. The maximum absolute atomic E-state index is 5.69. The summed E-state index contributed by atoms with van der Waals surface area (Å²) in [5, 5.41) is 4.31. The van der Waals surface area contributed by atoms with Crippen LogP contribution >= 0.6 is 23.7 Å². The molecule has 3 rings (SSSR count). The Morgan fingerprint density at radius 3 is 2.64 bits per heavy atom. The van der Waals surface area contributed by atoms with Crippen LogP contribution in [0.5, 0.6) is 0 Å². The molecule has 0 atom stereocenters. The van der Waals surface area contributed by atoms with E-state index < -0.39 is 0 Å². The lowest BCUT2D eigenvalue weighted by Crippen LogP contribution is -2.59. The number of aromatic nitrogens is 1. The summed E-state index contributed by atoms with van der Waals surface area (Å²) in [5.74, 6) is 0. The van der Waals surface area contributed by atoms with Crippen LogP contribution in [0.4, 0.5) is 5.13 Å². The molecule has 0 aromatic carbocycles. The summed E-state index contributed by atoms with van der Waals surface area (Å²) in [6, 6.07) is 0. The van der Waals surface area contributed by atoms with E-state index in [4.69, 9.17) is 10.5 Å². The normalized spacial score (nSPS) is 22.2. The van der Waals surface area contributed by atoms with Crippen LogP contribution in [0.2, 0.25) is 0 Å². The highest BCUT2D eigenvalue weighted by Crippen LogP contribution is 2.34. The Morgan fingerprint density at radius 2 is 2.00 bits per heavy atom. The molecule has 1 aromatic rings. The van der Waals surface area contributed by atoms with Crippen LogP contribution in [-0.2, 0) is 11.3 Å². The van der Waals surface area contributed by atoms with E-state index >= 15 is 0 Å². The lowest BCUT2D eigenvalue weighted by Gasteiger charge is -2.48. The van der Waals surface area contributed by atoms with E-state index in [0.29, 0.717) is 10.7 Å². The van der Waals surface area contributed by atoms with Crippen LogP contribution in [-0.4, -0.2) is 48.3 Å². The van der Waals surface area contributed by atoms with Gasteiger partial charge < -0.3 is 15.8 Å². The number of nitrogen functional groups attached to an aromatic ring is 1. The number of anilines is 1. The average molecular weight is 347 g/mol. The second-order valence-corrected chi connectivity index (χ2v) is 7.30. The van der Waals surface area contributed by atoms with Gasteiger partial charge in [0.05, 0.1) is 13.2 Å². The fourth-order valence-electron chi connectivity index (χ4n) is 3.68. The van der Waals surface area contributed by atoms with Crippen molar-refractivity contribution in [2.45, 2.75) is 44.2 Å². The van der Waals surface area contributed by atoms with Crippen LogP contribution in [0.25, 0.3) is 0 Å². The van der Waals surface area contributed by atoms with Crippen molar-refractivity contribution in [2.75, 3.05) is 38.6 Å². The van der Waals surface area contributed by atoms with Crippen LogP contribution in [0.1, 0.15) is 37.0 Å². The molecule has 0 unspecified atom stereocenters. The Bertz CT molecular complexity index is 445. The number of nitrogens with one attached hydrogen (secondary N) is 1. The van der Waals surface area contributed by atoms with Crippen molar-refractivity contribution >= 4 is 28.9 Å². The lowest BCUT2D eigenvalue weighted by molar-refractivity contribution is -0.0369. The number of hydrogen-bond donors (Lipinski definition) is 2. The summed E-state index contributed by atoms with van der Waals surface area (Å²) in [6.45, 7) is 5.86. The van der Waals surface area contributed by atoms with E-state index in [1.807, 2.05) is 6.20 Å². The first kappa shape index (κ1) is 17.9. The highest BCUT2D eigenvalue weighted by molar-refractivity contribution is 7.15. The van der Waals surface area contributed by atoms with Crippen molar-refractivity contribution in [3.63, 3.8) is 0 Å². The molecule has 3 N–H and O–H groups in total. The predicted molar refractivity (Wildman–Crippen MR) is 93.7 cm³/mol. The second kappa shape index (κ2) is 8.45. The maximum atomic E-state index is 5.69. The molecule has 0 radical (unpaired) electrons. The van der Waals surface area contributed by atoms with E-state index in [1.165, 1.54) is 37.0 Å². The number of hydrogen-bond acceptors (Lipinski definition) is 6. The Hall–Kier alpha value is -0.400. The molecule has 5 nitrogen and oxygen atoms in total. The van der Waals surface area contributed by atoms with Crippen molar-refractivity contribution < 1.29 is 4.74 Å². The van der Waals surface area contributed by atoms with Gasteiger partial charge in [-0.1, -0.05) is 19.3 Å². The number of thiazole rings is 1. The molecule has 0 spiro atoms. The molecular weight excluding hydrogens is 320 g/mol. The molecule has 1 aromatic heterocycles. The highest BCUT2D eigenvalue weighted by Gasteiger charge is 2.38. The molecule has 1 aliphatic heterocycles. The van der Waals surface area contributed by atoms with Gasteiger partial charge in [-0.25, -0.2) is 4.98 Å². The van der Waals surface area contributed by atoms with Crippen LogP contribution in [0.15, 0.2) is 6.20 Å². The molecule has 1 saturated carbocycles. The largest absolute Gasteiger partial charge is 0.379 e. The Balaban J connectivity index is 0.00000176. The topological polar surface area (TPSA) is 63.4 Å². The Morgan fingerprint density at radius 1 is 1.27 bits per heavy atom. The van der Waals surface area contributed by atoms with Gasteiger partial charge in [-0.3, -0.25) is 4.90 Å². The smallest absolute Gasteiger partial charge is 0.180 e. The van der Waals surface area contributed by atoms with E-state index in [2.05, 4.69) is 15.2 Å². The summed E-state index contributed by atoms with van der Waals surface area (Å²) < 4.78 is 5.53. The standard InChI is InChI=1S/C15H26N4OS.ClH/c16-14-18-11-13(21-14)10-17-12-15(4-2-1-3-5-15)19-6-8-20-9-7-19;/h11,17H,1-10,12H2,(H2,16,18);1H. The molecule has 0 bridgehead atoms. The van der Waals surface area contributed by atoms with Crippen molar-refractivity contribution in [3.8, 4) is 0 Å². The van der Waals surface area contributed by atoms with E-state index in [0.717, 1.165) is 39.4 Å². The van der Waals surface area contributed by atoms with Crippen molar-refractivity contribution in [3.05, 3.63) is 11.1 Å². The molecule has 2 aliphatic rings. The molecular formula is C15H27ClN4OS. The van der Waals surface area contributed by atoms with Gasteiger partial charge in [0.15, 0.2) is 5.13 Å². The Kier molecular flexibility index (Phi) is 6.89. The van der Waals surface area contributed by atoms with Gasteiger partial charge in [-0.2, -0.15) is 0 Å². The lowest BCUT2D eigenvalue weighted by atomic mass is 9.79. The zero-order valence-electron chi connectivity index (χ0n) is 13.1. The zero-order chi connectivity index (χ0) is 14.5. The van der Waals surface area contributed by atoms with E-state index in [-0.39, 0.29) is 12.4 Å². The van der Waals surface area contributed by atoms with Gasteiger partial charge in [-0.15, -0.1) is 23.7 Å². The summed E-state index contributed by atoms with van der Waals surface area (Å²) in [7, 11) is 0. The monoisotopic (exact) mass is 346 g/mol. The number of ether oxygens (including phenoxy) is 1. The molecule has 1 aliphatic carbocycles. The summed E-state index contributed by atoms with van der Waals surface area (Å²) >= 11 is 1.58. The predicted octanol–water partition coefficient (Wildman–Crippen LogP) is 2.27. The molecule has 126 valence electrons. The molecule has 0 amide bonds. The van der Waals surface area contributed by atoms with Crippen LogP contribution in [0, 0.1) is 0 Å². The third kappa shape index (κ3) is 4.32. The van der Waals surface area contributed by atoms with E-state index in [9.17, 15) is 0 Å². The Labute approximate surface area is 143 Å². The summed E-state index contributed by atoms with van der Waals surface area (Å²) in [5.41, 5.74) is 6.03. The van der Waals surface area contributed by atoms with E-state index in [1.54, 1.807) is 11.3 Å². The fraction of sp³-hybridized carbons (Fsp3) is 0.800.